The van der Waals surface area contributed by atoms with Crippen molar-refractivity contribution in [3.05, 3.63) is 47.5 Å². The Kier molecular flexibility index (Phi) is 4.40. The summed E-state index contributed by atoms with van der Waals surface area (Å²) in [6, 6.07) is 12.7. The van der Waals surface area contributed by atoms with Crippen molar-refractivity contribution in [2.24, 2.45) is 0 Å². The molecule has 1 N–H and O–H groups in total. The number of carbonyl (C=O) groups is 1. The van der Waals surface area contributed by atoms with Gasteiger partial charge < -0.3 is 14.8 Å². The molecule has 26 heavy (non-hydrogen) atoms. The fourth-order valence-electron chi connectivity index (χ4n) is 2.49. The van der Waals surface area contributed by atoms with Crippen molar-refractivity contribution >= 4 is 23.2 Å². The van der Waals surface area contributed by atoms with Gasteiger partial charge in [-0.15, -0.1) is 10.2 Å². The first-order valence-electron chi connectivity index (χ1n) is 7.91. The van der Waals surface area contributed by atoms with E-state index in [1.807, 2.05) is 30.3 Å². The van der Waals surface area contributed by atoms with Crippen LogP contribution in [0.15, 0.2) is 42.5 Å². The zero-order valence-corrected chi connectivity index (χ0v) is 14.3. The fraction of sp³-hybridized carbons (Fsp3) is 0.176. The van der Waals surface area contributed by atoms with Crippen LogP contribution in [0.4, 0.5) is 5.69 Å². The summed E-state index contributed by atoms with van der Waals surface area (Å²) in [5, 5.41) is 15.2. The van der Waals surface area contributed by atoms with Gasteiger partial charge in [-0.3, -0.25) is 4.79 Å². The molecule has 0 unspecified atom stereocenters. The molecule has 1 amide bonds. The van der Waals surface area contributed by atoms with Crippen LogP contribution in [-0.4, -0.2) is 39.3 Å². The highest BCUT2D eigenvalue weighted by molar-refractivity contribution is 6.34. The number of benzene rings is 2. The first-order chi connectivity index (χ1) is 12.7. The van der Waals surface area contributed by atoms with Gasteiger partial charge in [0.25, 0.3) is 0 Å². The number of aromatic nitrogens is 4. The Morgan fingerprint density at radius 3 is 2.65 bits per heavy atom. The first kappa shape index (κ1) is 16.3. The van der Waals surface area contributed by atoms with Gasteiger partial charge in [0, 0.05) is 17.7 Å². The summed E-state index contributed by atoms with van der Waals surface area (Å²) in [6.45, 7) is 0.828. The molecule has 1 aliphatic rings. The van der Waals surface area contributed by atoms with E-state index in [0.717, 1.165) is 5.56 Å². The lowest BCUT2D eigenvalue weighted by Gasteiger charge is -2.19. The topological polar surface area (TPSA) is 91.2 Å². The van der Waals surface area contributed by atoms with Crippen molar-refractivity contribution < 1.29 is 14.3 Å². The molecule has 0 radical (unpaired) electrons. The molecule has 2 heterocycles. The van der Waals surface area contributed by atoms with E-state index < -0.39 is 0 Å². The Labute approximate surface area is 153 Å². The number of nitrogens with one attached hydrogen (secondary N) is 1. The van der Waals surface area contributed by atoms with Crippen LogP contribution in [0.25, 0.3) is 11.4 Å². The maximum Gasteiger partial charge on any atom is 0.248 e. The van der Waals surface area contributed by atoms with Gasteiger partial charge in [0.2, 0.25) is 11.7 Å². The van der Waals surface area contributed by atoms with Crippen molar-refractivity contribution in [2.75, 3.05) is 18.5 Å². The lowest BCUT2D eigenvalue weighted by molar-refractivity contribution is -0.117. The molecule has 132 valence electrons. The van der Waals surface area contributed by atoms with Gasteiger partial charge in [-0.05, 0) is 5.21 Å². The molecule has 3 aromatic rings. The van der Waals surface area contributed by atoms with Crippen LogP contribution in [0, 0.1) is 0 Å². The van der Waals surface area contributed by atoms with Gasteiger partial charge in [-0.1, -0.05) is 41.9 Å². The molecule has 0 bridgehead atoms. The Bertz CT molecular complexity index is 945. The van der Waals surface area contributed by atoms with Crippen molar-refractivity contribution in [1.29, 1.82) is 0 Å². The van der Waals surface area contributed by atoms with E-state index in [9.17, 15) is 4.79 Å². The van der Waals surface area contributed by atoms with Crippen LogP contribution in [0.3, 0.4) is 0 Å². The van der Waals surface area contributed by atoms with Crippen molar-refractivity contribution in [3.8, 4) is 22.9 Å². The molecular weight excluding hydrogens is 358 g/mol. The molecule has 0 fully saturated rings. The molecule has 0 aliphatic carbocycles. The second kappa shape index (κ2) is 7.01. The second-order valence-corrected chi connectivity index (χ2v) is 5.94. The molecular formula is C17H14ClN5O3. The third-order valence-corrected chi connectivity index (χ3v) is 3.99. The highest BCUT2D eigenvalue weighted by Gasteiger charge is 2.17. The Hall–Kier alpha value is -3.13. The van der Waals surface area contributed by atoms with Gasteiger partial charge in [-0.2, -0.15) is 4.80 Å². The Morgan fingerprint density at radius 1 is 1.15 bits per heavy atom. The quantitative estimate of drug-likeness (QED) is 0.757. The predicted molar refractivity (Wildman–Crippen MR) is 94.3 cm³/mol. The van der Waals surface area contributed by atoms with Crippen molar-refractivity contribution in [1.82, 2.24) is 20.2 Å². The van der Waals surface area contributed by atoms with Gasteiger partial charge in [-0.25, -0.2) is 0 Å². The van der Waals surface area contributed by atoms with E-state index >= 15 is 0 Å². The number of anilines is 1. The lowest BCUT2D eigenvalue weighted by Crippen LogP contribution is -2.21. The number of fused-ring (bicyclic) bond motifs is 1. The van der Waals surface area contributed by atoms with E-state index in [-0.39, 0.29) is 12.5 Å². The van der Waals surface area contributed by atoms with Crippen LogP contribution in [0.5, 0.6) is 11.5 Å². The van der Waals surface area contributed by atoms with Crippen molar-refractivity contribution in [3.63, 3.8) is 0 Å². The summed E-state index contributed by atoms with van der Waals surface area (Å²) in [4.78, 5) is 13.5. The third kappa shape index (κ3) is 3.45. The summed E-state index contributed by atoms with van der Waals surface area (Å²) >= 11 is 6.19. The molecule has 0 atom stereocenters. The smallest absolute Gasteiger partial charge is 0.248 e. The molecule has 8 nitrogen and oxygen atoms in total. The molecule has 0 saturated heterocycles. The fourth-order valence-corrected chi connectivity index (χ4v) is 2.69. The van der Waals surface area contributed by atoms with Crippen molar-refractivity contribution in [2.45, 2.75) is 6.54 Å². The highest BCUT2D eigenvalue weighted by atomic mass is 35.5. The van der Waals surface area contributed by atoms with E-state index in [2.05, 4.69) is 20.7 Å². The van der Waals surface area contributed by atoms with Crippen LogP contribution >= 0.6 is 11.6 Å². The number of halogens is 1. The summed E-state index contributed by atoms with van der Waals surface area (Å²) in [7, 11) is 0. The standard InChI is InChI=1S/C17H14ClN5O3/c18-12-8-14-15(26-7-6-25-14)9-13(12)19-16(24)10-23-21-17(20-22-23)11-4-2-1-3-5-11/h1-5,8-9H,6-7,10H2,(H,19,24). The molecule has 4 rings (SSSR count). The minimum atomic E-state index is -0.333. The number of tetrazole rings is 1. The first-order valence-corrected chi connectivity index (χ1v) is 8.29. The lowest BCUT2D eigenvalue weighted by atomic mass is 10.2. The van der Waals surface area contributed by atoms with Crippen LogP contribution in [0.1, 0.15) is 0 Å². The Balaban J connectivity index is 1.45. The number of carbonyl (C=O) groups excluding carboxylic acids is 1. The van der Waals surface area contributed by atoms with E-state index in [1.54, 1.807) is 12.1 Å². The molecule has 1 aliphatic heterocycles. The maximum atomic E-state index is 12.3. The third-order valence-electron chi connectivity index (χ3n) is 3.68. The van der Waals surface area contributed by atoms with Gasteiger partial charge in [0.15, 0.2) is 11.5 Å². The van der Waals surface area contributed by atoms with E-state index in [4.69, 9.17) is 21.1 Å². The minimum absolute atomic E-state index is 0.0927. The summed E-state index contributed by atoms with van der Waals surface area (Å²) in [6.07, 6.45) is 0. The second-order valence-electron chi connectivity index (χ2n) is 5.53. The van der Waals surface area contributed by atoms with Crippen LogP contribution in [-0.2, 0) is 11.3 Å². The average Bonchev–Trinajstić information content (AvgIpc) is 3.11. The van der Waals surface area contributed by atoms with E-state index in [1.165, 1.54) is 4.80 Å². The number of hydrogen-bond donors (Lipinski definition) is 1. The zero-order chi connectivity index (χ0) is 17.9. The predicted octanol–water partition coefficient (Wildman–Crippen LogP) is 2.40. The number of ether oxygens (including phenoxy) is 2. The van der Waals surface area contributed by atoms with Gasteiger partial charge in [0.1, 0.15) is 19.8 Å². The van der Waals surface area contributed by atoms with Crippen LogP contribution in [0.2, 0.25) is 5.02 Å². The molecule has 1 aromatic heterocycles. The molecule has 9 heteroatoms. The summed E-state index contributed by atoms with van der Waals surface area (Å²) < 4.78 is 10.9. The number of hydrogen-bond acceptors (Lipinski definition) is 6. The minimum Gasteiger partial charge on any atom is -0.486 e. The Morgan fingerprint density at radius 2 is 1.88 bits per heavy atom. The average molecular weight is 372 g/mol. The van der Waals surface area contributed by atoms with Gasteiger partial charge >= 0.3 is 0 Å². The van der Waals surface area contributed by atoms with Gasteiger partial charge in [0.05, 0.1) is 10.7 Å². The summed E-state index contributed by atoms with van der Waals surface area (Å²) in [5.74, 6) is 1.22. The number of rotatable bonds is 4. The SMILES string of the molecule is O=C(Cn1nnc(-c2ccccc2)n1)Nc1cc2c(cc1Cl)OCCO2. The maximum absolute atomic E-state index is 12.3. The number of amides is 1. The monoisotopic (exact) mass is 371 g/mol. The summed E-state index contributed by atoms with van der Waals surface area (Å²) in [5.41, 5.74) is 1.26. The molecule has 0 saturated carbocycles. The highest BCUT2D eigenvalue weighted by Crippen LogP contribution is 2.37. The number of nitrogens with zero attached hydrogens (tertiary/aromatic N) is 4. The van der Waals surface area contributed by atoms with Crippen LogP contribution < -0.4 is 14.8 Å². The molecule has 2 aromatic carbocycles. The zero-order valence-electron chi connectivity index (χ0n) is 13.6. The largest absolute Gasteiger partial charge is 0.486 e. The molecule has 0 spiro atoms. The normalized spacial score (nSPS) is 12.7. The van der Waals surface area contributed by atoms with E-state index in [0.29, 0.717) is 41.2 Å².